The van der Waals surface area contributed by atoms with Crippen molar-refractivity contribution in [3.8, 4) is 5.75 Å². The summed E-state index contributed by atoms with van der Waals surface area (Å²) in [7, 11) is 0. The van der Waals surface area contributed by atoms with Crippen LogP contribution in [0.1, 0.15) is 0 Å². The molecule has 3 heterocycles. The third kappa shape index (κ3) is 2.97. The fourth-order valence-electron chi connectivity index (χ4n) is 2.79. The maximum atomic E-state index is 12.4. The fourth-order valence-corrected chi connectivity index (χ4v) is 2.79. The summed E-state index contributed by atoms with van der Waals surface area (Å²) in [5.74, 6) is 0.688. The molecule has 1 atom stereocenters. The van der Waals surface area contributed by atoms with Gasteiger partial charge in [-0.05, 0) is 24.3 Å². The second-order valence-corrected chi connectivity index (χ2v) is 5.75. The minimum atomic E-state index is -0.840. The van der Waals surface area contributed by atoms with Gasteiger partial charge in [0.2, 0.25) is 0 Å². The number of rotatable bonds is 5. The van der Waals surface area contributed by atoms with Crippen molar-refractivity contribution < 1.29 is 9.84 Å². The zero-order chi connectivity index (χ0) is 17.2. The van der Waals surface area contributed by atoms with Crippen molar-refractivity contribution in [2.24, 2.45) is 0 Å². The van der Waals surface area contributed by atoms with Crippen LogP contribution >= 0.6 is 0 Å². The van der Waals surface area contributed by atoms with E-state index in [1.807, 2.05) is 30.5 Å². The van der Waals surface area contributed by atoms with Gasteiger partial charge < -0.3 is 14.8 Å². The van der Waals surface area contributed by atoms with Crippen LogP contribution in [-0.2, 0) is 6.54 Å². The van der Waals surface area contributed by atoms with Gasteiger partial charge in [-0.15, -0.1) is 0 Å². The van der Waals surface area contributed by atoms with E-state index in [9.17, 15) is 9.90 Å². The summed E-state index contributed by atoms with van der Waals surface area (Å²) in [5, 5.41) is 11.7. The van der Waals surface area contributed by atoms with Gasteiger partial charge in [-0.2, -0.15) is 0 Å². The van der Waals surface area contributed by atoms with E-state index in [1.165, 1.54) is 17.1 Å². The minimum Gasteiger partial charge on any atom is -0.490 e. The summed E-state index contributed by atoms with van der Waals surface area (Å²) in [6.45, 7) is 0.179. The SMILES string of the molecule is O=c1c2ccncc2ncn1CC(O)COc1cccc2[nH]ccc12. The zero-order valence-corrected chi connectivity index (χ0v) is 13.3. The van der Waals surface area contributed by atoms with Gasteiger partial charge in [0.1, 0.15) is 18.5 Å². The molecule has 0 saturated heterocycles. The van der Waals surface area contributed by atoms with Crippen molar-refractivity contribution in [1.29, 1.82) is 0 Å². The highest BCUT2D eigenvalue weighted by molar-refractivity contribution is 5.85. The lowest BCUT2D eigenvalue weighted by Gasteiger charge is -2.14. The number of pyridine rings is 1. The van der Waals surface area contributed by atoms with Gasteiger partial charge in [0.15, 0.2) is 0 Å². The molecule has 0 aliphatic heterocycles. The molecule has 0 aliphatic rings. The molecule has 4 rings (SSSR count). The smallest absolute Gasteiger partial charge is 0.261 e. The molecule has 0 saturated carbocycles. The number of nitrogens with zero attached hydrogens (tertiary/aromatic N) is 3. The predicted octanol–water partition coefficient (Wildman–Crippen LogP) is 1.71. The van der Waals surface area contributed by atoms with Crippen LogP contribution in [0.5, 0.6) is 5.75 Å². The van der Waals surface area contributed by atoms with Gasteiger partial charge in [0.25, 0.3) is 5.56 Å². The number of nitrogens with one attached hydrogen (secondary N) is 1. The Bertz CT molecular complexity index is 1090. The van der Waals surface area contributed by atoms with Crippen molar-refractivity contribution in [2.45, 2.75) is 12.6 Å². The summed E-state index contributed by atoms with van der Waals surface area (Å²) >= 11 is 0. The Hall–Kier alpha value is -3.19. The first-order valence-electron chi connectivity index (χ1n) is 7.88. The van der Waals surface area contributed by atoms with E-state index in [2.05, 4.69) is 15.0 Å². The number of hydrogen-bond donors (Lipinski definition) is 2. The first-order valence-corrected chi connectivity index (χ1v) is 7.88. The first-order chi connectivity index (χ1) is 12.2. The molecule has 4 aromatic rings. The number of aromatic nitrogens is 4. The van der Waals surface area contributed by atoms with Crippen LogP contribution in [0.15, 0.2) is 60.0 Å². The zero-order valence-electron chi connectivity index (χ0n) is 13.3. The molecule has 126 valence electrons. The Morgan fingerprint density at radius 1 is 1.24 bits per heavy atom. The summed E-state index contributed by atoms with van der Waals surface area (Å²) in [5.41, 5.74) is 1.29. The van der Waals surface area contributed by atoms with Gasteiger partial charge in [-0.25, -0.2) is 4.98 Å². The number of hydrogen-bond acceptors (Lipinski definition) is 5. The molecule has 0 aliphatic carbocycles. The fraction of sp³-hybridized carbons (Fsp3) is 0.167. The van der Waals surface area contributed by atoms with Crippen LogP contribution in [-0.4, -0.2) is 37.3 Å². The highest BCUT2D eigenvalue weighted by Gasteiger charge is 2.11. The lowest BCUT2D eigenvalue weighted by atomic mass is 10.2. The molecular weight excluding hydrogens is 320 g/mol. The molecular formula is C18H16N4O3. The topological polar surface area (TPSA) is 93.0 Å². The van der Waals surface area contributed by atoms with Crippen molar-refractivity contribution in [3.05, 3.63) is 65.6 Å². The Morgan fingerprint density at radius 2 is 2.16 bits per heavy atom. The highest BCUT2D eigenvalue weighted by Crippen LogP contribution is 2.24. The maximum Gasteiger partial charge on any atom is 0.261 e. The molecule has 7 heteroatoms. The third-order valence-electron chi connectivity index (χ3n) is 4.02. The second kappa shape index (κ2) is 6.37. The Kier molecular flexibility index (Phi) is 3.91. The normalized spacial score (nSPS) is 12.5. The van der Waals surface area contributed by atoms with E-state index >= 15 is 0 Å². The molecule has 1 aromatic carbocycles. The van der Waals surface area contributed by atoms with Crippen LogP contribution in [0, 0.1) is 0 Å². The average Bonchev–Trinajstić information content (AvgIpc) is 3.12. The Labute approximate surface area is 142 Å². The number of aliphatic hydroxyl groups excluding tert-OH is 1. The van der Waals surface area contributed by atoms with E-state index in [0.29, 0.717) is 16.7 Å². The number of aliphatic hydroxyl groups is 1. The third-order valence-corrected chi connectivity index (χ3v) is 4.02. The maximum absolute atomic E-state index is 12.4. The summed E-state index contributed by atoms with van der Waals surface area (Å²) in [4.78, 5) is 23.7. The van der Waals surface area contributed by atoms with Gasteiger partial charge in [0.05, 0.1) is 30.0 Å². The highest BCUT2D eigenvalue weighted by atomic mass is 16.5. The first kappa shape index (κ1) is 15.3. The van der Waals surface area contributed by atoms with E-state index in [0.717, 1.165) is 10.9 Å². The van der Waals surface area contributed by atoms with Gasteiger partial charge >= 0.3 is 0 Å². The number of H-pyrrole nitrogens is 1. The van der Waals surface area contributed by atoms with Crippen LogP contribution in [0.4, 0.5) is 0 Å². The molecule has 25 heavy (non-hydrogen) atoms. The van der Waals surface area contributed by atoms with Crippen molar-refractivity contribution in [3.63, 3.8) is 0 Å². The largest absolute Gasteiger partial charge is 0.490 e. The van der Waals surface area contributed by atoms with Crippen LogP contribution in [0.2, 0.25) is 0 Å². The van der Waals surface area contributed by atoms with E-state index < -0.39 is 6.10 Å². The number of benzene rings is 1. The quantitative estimate of drug-likeness (QED) is 0.579. The standard InChI is InChI=1S/C18H16N4O3/c23-12(10-25-17-3-1-2-15-13(17)5-7-20-15)9-22-11-21-16-8-19-6-4-14(16)18(22)24/h1-8,11-12,20,23H,9-10H2. The Morgan fingerprint density at radius 3 is 3.08 bits per heavy atom. The molecule has 0 fully saturated rings. The van der Waals surface area contributed by atoms with Crippen LogP contribution < -0.4 is 10.3 Å². The molecule has 0 radical (unpaired) electrons. The summed E-state index contributed by atoms with van der Waals surface area (Å²) < 4.78 is 7.11. The van der Waals surface area contributed by atoms with Crippen molar-refractivity contribution >= 4 is 21.8 Å². The minimum absolute atomic E-state index is 0.0745. The monoisotopic (exact) mass is 336 g/mol. The van der Waals surface area contributed by atoms with Crippen LogP contribution in [0.25, 0.3) is 21.8 Å². The molecule has 0 bridgehead atoms. The second-order valence-electron chi connectivity index (χ2n) is 5.75. The van der Waals surface area contributed by atoms with E-state index in [1.54, 1.807) is 12.3 Å². The predicted molar refractivity (Wildman–Crippen MR) is 93.6 cm³/mol. The lowest BCUT2D eigenvalue weighted by Crippen LogP contribution is -2.30. The van der Waals surface area contributed by atoms with Gasteiger partial charge in [0, 0.05) is 23.3 Å². The Balaban J connectivity index is 1.49. The molecule has 0 spiro atoms. The number of ether oxygens (including phenoxy) is 1. The molecule has 1 unspecified atom stereocenters. The molecule has 0 amide bonds. The van der Waals surface area contributed by atoms with Gasteiger partial charge in [-0.3, -0.25) is 14.3 Å². The average molecular weight is 336 g/mol. The molecule has 7 nitrogen and oxygen atoms in total. The van der Waals surface area contributed by atoms with Gasteiger partial charge in [-0.1, -0.05) is 6.07 Å². The van der Waals surface area contributed by atoms with Crippen molar-refractivity contribution in [1.82, 2.24) is 19.5 Å². The van der Waals surface area contributed by atoms with E-state index in [-0.39, 0.29) is 18.7 Å². The molecule has 2 N–H and O–H groups in total. The van der Waals surface area contributed by atoms with Crippen molar-refractivity contribution in [2.75, 3.05) is 6.61 Å². The molecule has 3 aromatic heterocycles. The lowest BCUT2D eigenvalue weighted by molar-refractivity contribution is 0.0922. The number of fused-ring (bicyclic) bond motifs is 2. The number of aromatic amines is 1. The van der Waals surface area contributed by atoms with E-state index in [4.69, 9.17) is 4.74 Å². The summed E-state index contributed by atoms with van der Waals surface area (Å²) in [6, 6.07) is 9.22. The summed E-state index contributed by atoms with van der Waals surface area (Å²) in [6.07, 6.45) is 5.50. The van der Waals surface area contributed by atoms with Crippen LogP contribution in [0.3, 0.4) is 0 Å².